The molecule has 0 saturated heterocycles. The van der Waals surface area contributed by atoms with Gasteiger partial charge in [0.15, 0.2) is 0 Å². The number of fused-ring (bicyclic) bond motifs is 1. The van der Waals surface area contributed by atoms with Crippen molar-refractivity contribution < 1.29 is 14.3 Å². The van der Waals surface area contributed by atoms with Gasteiger partial charge in [-0.1, -0.05) is 36.4 Å². The summed E-state index contributed by atoms with van der Waals surface area (Å²) in [7, 11) is 0. The normalized spacial score (nSPS) is 11.1. The molecule has 0 amide bonds. The highest BCUT2D eigenvalue weighted by molar-refractivity contribution is 5.73. The Hall–Kier alpha value is -3.97. The molecular formula is C24H20N4O3. The third kappa shape index (κ3) is 4.04. The monoisotopic (exact) mass is 412 g/mol. The van der Waals surface area contributed by atoms with Crippen LogP contribution in [0.25, 0.3) is 28.2 Å². The summed E-state index contributed by atoms with van der Waals surface area (Å²) in [5.41, 5.74) is 4.86. The van der Waals surface area contributed by atoms with E-state index >= 15 is 0 Å². The van der Waals surface area contributed by atoms with E-state index in [1.54, 1.807) is 11.1 Å². The number of ether oxygens (including phenoxy) is 1. The van der Waals surface area contributed by atoms with Gasteiger partial charge in [0.1, 0.15) is 41.0 Å². The maximum atomic E-state index is 9.33. The topological polar surface area (TPSA) is 86.2 Å². The second-order valence-electron chi connectivity index (χ2n) is 7.05. The van der Waals surface area contributed by atoms with Crippen LogP contribution in [0.5, 0.6) is 5.75 Å². The van der Waals surface area contributed by atoms with Crippen LogP contribution in [-0.4, -0.2) is 31.7 Å². The lowest BCUT2D eigenvalue weighted by Gasteiger charge is -2.11. The average Bonchev–Trinajstić information content (AvgIpc) is 3.46. The van der Waals surface area contributed by atoms with Gasteiger partial charge >= 0.3 is 0 Å². The fraction of sp³-hybridized carbons (Fsp3) is 0.125. The fourth-order valence-electron chi connectivity index (χ4n) is 3.33. The summed E-state index contributed by atoms with van der Waals surface area (Å²) in [5, 5.41) is 18.5. The molecule has 0 fully saturated rings. The number of aromatic nitrogens is 4. The maximum absolute atomic E-state index is 9.33. The van der Waals surface area contributed by atoms with Crippen LogP contribution in [-0.2, 0) is 13.0 Å². The summed E-state index contributed by atoms with van der Waals surface area (Å²) < 4.78 is 11.7. The standard InChI is InChI=1S/C24H20N4O3/c29-13-12-17-10-11-23(22(14-17)28-26-20-8-4-5-9-21(20)27-28)30-15-19-16-31-24(25-19)18-6-2-1-3-7-18/h1-11,14,16,29H,12-13,15H2. The highest BCUT2D eigenvalue weighted by Crippen LogP contribution is 2.26. The molecule has 5 aromatic rings. The van der Waals surface area contributed by atoms with E-state index in [0.717, 1.165) is 22.2 Å². The van der Waals surface area contributed by atoms with E-state index in [1.165, 1.54) is 0 Å². The van der Waals surface area contributed by atoms with Gasteiger partial charge in [-0.25, -0.2) is 4.98 Å². The second-order valence-corrected chi connectivity index (χ2v) is 7.05. The molecule has 0 aliphatic rings. The van der Waals surface area contributed by atoms with Gasteiger partial charge in [0.05, 0.1) is 0 Å². The molecule has 0 radical (unpaired) electrons. The Morgan fingerprint density at radius 2 is 1.65 bits per heavy atom. The van der Waals surface area contributed by atoms with Gasteiger partial charge in [-0.3, -0.25) is 0 Å². The van der Waals surface area contributed by atoms with Gasteiger partial charge in [0, 0.05) is 12.2 Å². The lowest BCUT2D eigenvalue weighted by atomic mass is 10.1. The van der Waals surface area contributed by atoms with Crippen molar-refractivity contribution >= 4 is 11.0 Å². The highest BCUT2D eigenvalue weighted by Gasteiger charge is 2.13. The van der Waals surface area contributed by atoms with E-state index in [0.29, 0.717) is 29.4 Å². The Balaban J connectivity index is 1.43. The first kappa shape index (κ1) is 19.0. The van der Waals surface area contributed by atoms with Crippen LogP contribution in [0.3, 0.4) is 0 Å². The second kappa shape index (κ2) is 8.41. The first-order chi connectivity index (χ1) is 15.3. The molecule has 0 spiro atoms. The Morgan fingerprint density at radius 1 is 0.903 bits per heavy atom. The van der Waals surface area contributed by atoms with Crippen LogP contribution in [0, 0.1) is 0 Å². The molecule has 2 heterocycles. The Labute approximate surface area is 178 Å². The molecule has 1 N–H and O–H groups in total. The number of benzene rings is 3. The van der Waals surface area contributed by atoms with Crippen molar-refractivity contribution in [2.75, 3.05) is 6.61 Å². The summed E-state index contributed by atoms with van der Waals surface area (Å²) in [6, 6.07) is 23.1. The van der Waals surface area contributed by atoms with Crippen molar-refractivity contribution in [2.45, 2.75) is 13.0 Å². The molecule has 0 aliphatic heterocycles. The molecule has 2 aromatic heterocycles. The first-order valence-corrected chi connectivity index (χ1v) is 9.99. The van der Waals surface area contributed by atoms with Crippen LogP contribution < -0.4 is 4.74 Å². The molecule has 7 heteroatoms. The first-order valence-electron chi connectivity index (χ1n) is 9.99. The molecule has 0 saturated carbocycles. The number of hydrogen-bond acceptors (Lipinski definition) is 6. The number of hydrogen-bond donors (Lipinski definition) is 1. The smallest absolute Gasteiger partial charge is 0.226 e. The van der Waals surface area contributed by atoms with Crippen molar-refractivity contribution in [3.05, 3.63) is 90.3 Å². The third-order valence-electron chi connectivity index (χ3n) is 4.87. The van der Waals surface area contributed by atoms with E-state index in [1.807, 2.05) is 72.8 Å². The highest BCUT2D eigenvalue weighted by atomic mass is 16.5. The van der Waals surface area contributed by atoms with E-state index < -0.39 is 0 Å². The van der Waals surface area contributed by atoms with Crippen LogP contribution in [0.4, 0.5) is 0 Å². The Morgan fingerprint density at radius 3 is 2.39 bits per heavy atom. The SMILES string of the molecule is OCCc1ccc(OCc2coc(-c3ccccc3)n2)c(-n2nc3ccccc3n2)c1. The minimum atomic E-state index is 0.0648. The van der Waals surface area contributed by atoms with Gasteiger partial charge in [-0.05, 0) is 48.4 Å². The minimum Gasteiger partial charge on any atom is -0.485 e. The zero-order valence-corrected chi connectivity index (χ0v) is 16.7. The summed E-state index contributed by atoms with van der Waals surface area (Å²) in [5.74, 6) is 1.17. The number of rotatable bonds is 7. The van der Waals surface area contributed by atoms with E-state index in [2.05, 4.69) is 15.2 Å². The van der Waals surface area contributed by atoms with Crippen molar-refractivity contribution in [2.24, 2.45) is 0 Å². The minimum absolute atomic E-state index is 0.0648. The van der Waals surface area contributed by atoms with Crippen molar-refractivity contribution in [1.29, 1.82) is 0 Å². The summed E-state index contributed by atoms with van der Waals surface area (Å²) in [4.78, 5) is 6.09. The third-order valence-corrected chi connectivity index (χ3v) is 4.87. The lowest BCUT2D eigenvalue weighted by molar-refractivity contribution is 0.296. The molecule has 0 atom stereocenters. The van der Waals surface area contributed by atoms with Crippen molar-refractivity contribution in [3.8, 4) is 22.9 Å². The molecule has 7 nitrogen and oxygen atoms in total. The summed E-state index contributed by atoms with van der Waals surface area (Å²) in [6.07, 6.45) is 2.14. The van der Waals surface area contributed by atoms with Gasteiger partial charge in [0.2, 0.25) is 5.89 Å². The zero-order valence-electron chi connectivity index (χ0n) is 16.7. The fourth-order valence-corrected chi connectivity index (χ4v) is 3.33. The van der Waals surface area contributed by atoms with Gasteiger partial charge in [-0.2, -0.15) is 0 Å². The number of nitrogens with zero attached hydrogens (tertiary/aromatic N) is 4. The molecule has 31 heavy (non-hydrogen) atoms. The lowest BCUT2D eigenvalue weighted by Crippen LogP contribution is -2.05. The van der Waals surface area contributed by atoms with Gasteiger partial charge in [0.25, 0.3) is 0 Å². The number of oxazole rings is 1. The van der Waals surface area contributed by atoms with Crippen LogP contribution in [0.15, 0.2) is 83.5 Å². The summed E-state index contributed by atoms with van der Waals surface area (Å²) in [6.45, 7) is 0.304. The molecule has 154 valence electrons. The van der Waals surface area contributed by atoms with E-state index in [-0.39, 0.29) is 13.2 Å². The van der Waals surface area contributed by atoms with Gasteiger partial charge < -0.3 is 14.3 Å². The molecule has 0 aliphatic carbocycles. The van der Waals surface area contributed by atoms with E-state index in [4.69, 9.17) is 9.15 Å². The number of aliphatic hydroxyl groups is 1. The maximum Gasteiger partial charge on any atom is 0.226 e. The predicted molar refractivity (Wildman–Crippen MR) is 116 cm³/mol. The van der Waals surface area contributed by atoms with Crippen molar-refractivity contribution in [3.63, 3.8) is 0 Å². The molecule has 0 unspecified atom stereocenters. The average molecular weight is 412 g/mol. The van der Waals surface area contributed by atoms with Crippen LogP contribution in [0.1, 0.15) is 11.3 Å². The van der Waals surface area contributed by atoms with E-state index in [9.17, 15) is 5.11 Å². The van der Waals surface area contributed by atoms with Crippen LogP contribution in [0.2, 0.25) is 0 Å². The molecular weight excluding hydrogens is 392 g/mol. The van der Waals surface area contributed by atoms with Crippen LogP contribution >= 0.6 is 0 Å². The molecule has 0 bridgehead atoms. The number of aliphatic hydroxyl groups excluding tert-OH is 1. The predicted octanol–water partition coefficient (Wildman–Crippen LogP) is 4.19. The molecule has 5 rings (SSSR count). The Bertz CT molecular complexity index is 1280. The largest absolute Gasteiger partial charge is 0.485 e. The molecule has 3 aromatic carbocycles. The summed E-state index contributed by atoms with van der Waals surface area (Å²) >= 11 is 0. The van der Waals surface area contributed by atoms with Crippen molar-refractivity contribution in [1.82, 2.24) is 20.0 Å². The quantitative estimate of drug-likeness (QED) is 0.431. The van der Waals surface area contributed by atoms with Gasteiger partial charge in [-0.15, -0.1) is 15.0 Å². The Kier molecular flexibility index (Phi) is 5.16. The zero-order chi connectivity index (χ0) is 21.0.